The highest BCUT2D eigenvalue weighted by Gasteiger charge is 2.10. The van der Waals surface area contributed by atoms with Gasteiger partial charge in [-0.15, -0.1) is 0 Å². The lowest BCUT2D eigenvalue weighted by atomic mass is 10.1. The first-order valence-electron chi connectivity index (χ1n) is 7.63. The normalized spacial score (nSPS) is 11.8. The lowest BCUT2D eigenvalue weighted by Gasteiger charge is -2.09. The van der Waals surface area contributed by atoms with Gasteiger partial charge in [0.2, 0.25) is 0 Å². The molecule has 0 aliphatic carbocycles. The average molecular weight is 359 g/mol. The largest absolute Gasteiger partial charge is 0.465 e. The van der Waals surface area contributed by atoms with Crippen molar-refractivity contribution >= 4 is 23.2 Å². The van der Waals surface area contributed by atoms with Crippen molar-refractivity contribution in [2.24, 2.45) is 10.3 Å². The molecule has 0 atom stereocenters. The Morgan fingerprint density at radius 3 is 2.50 bits per heavy atom. The van der Waals surface area contributed by atoms with Gasteiger partial charge in [0.15, 0.2) is 0 Å². The molecule has 2 N–H and O–H groups in total. The molecule has 7 nitrogen and oxygen atoms in total. The minimum absolute atomic E-state index is 0.0530. The van der Waals surface area contributed by atoms with E-state index in [4.69, 9.17) is 14.8 Å². The van der Waals surface area contributed by atoms with E-state index < -0.39 is 6.09 Å². The number of carbonyl (C=O) groups is 1. The second-order valence-electron chi connectivity index (χ2n) is 5.17. The van der Waals surface area contributed by atoms with Crippen LogP contribution in [-0.4, -0.2) is 29.7 Å². The SMILES string of the molecule is CO/N=C(\C(C)=N\OCc1ccccc1NC(=O)O)c1ccc(F)cc1. The highest BCUT2D eigenvalue weighted by atomic mass is 19.1. The van der Waals surface area contributed by atoms with Gasteiger partial charge < -0.3 is 14.8 Å². The third-order valence-corrected chi connectivity index (χ3v) is 3.32. The van der Waals surface area contributed by atoms with E-state index >= 15 is 0 Å². The maximum atomic E-state index is 13.1. The summed E-state index contributed by atoms with van der Waals surface area (Å²) in [6.45, 7) is 1.72. The molecule has 0 saturated carbocycles. The summed E-state index contributed by atoms with van der Waals surface area (Å²) in [5.74, 6) is -0.362. The molecule has 8 heteroatoms. The summed E-state index contributed by atoms with van der Waals surface area (Å²) >= 11 is 0. The van der Waals surface area contributed by atoms with Crippen LogP contribution in [0.15, 0.2) is 58.8 Å². The van der Waals surface area contributed by atoms with Gasteiger partial charge in [-0.3, -0.25) is 5.32 Å². The van der Waals surface area contributed by atoms with Gasteiger partial charge >= 0.3 is 6.09 Å². The van der Waals surface area contributed by atoms with Crippen LogP contribution in [0, 0.1) is 5.82 Å². The molecular formula is C18H18FN3O4. The topological polar surface area (TPSA) is 92.5 Å². The summed E-state index contributed by atoms with van der Waals surface area (Å²) in [7, 11) is 1.39. The van der Waals surface area contributed by atoms with Crippen LogP contribution in [-0.2, 0) is 16.3 Å². The van der Waals surface area contributed by atoms with E-state index in [1.807, 2.05) is 0 Å². The van der Waals surface area contributed by atoms with Crippen molar-refractivity contribution in [1.82, 2.24) is 0 Å². The molecule has 0 saturated heterocycles. The maximum absolute atomic E-state index is 13.1. The van der Waals surface area contributed by atoms with Crippen LogP contribution in [0.3, 0.4) is 0 Å². The molecule has 0 unspecified atom stereocenters. The predicted octanol–water partition coefficient (Wildman–Crippen LogP) is 3.86. The number of benzene rings is 2. The van der Waals surface area contributed by atoms with Crippen LogP contribution < -0.4 is 5.32 Å². The first-order valence-corrected chi connectivity index (χ1v) is 7.63. The number of carboxylic acid groups (broad SMARTS) is 1. The van der Waals surface area contributed by atoms with Gasteiger partial charge in [-0.1, -0.05) is 28.5 Å². The monoisotopic (exact) mass is 359 g/mol. The number of nitrogens with one attached hydrogen (secondary N) is 1. The van der Waals surface area contributed by atoms with Crippen LogP contribution in [0.25, 0.3) is 0 Å². The lowest BCUT2D eigenvalue weighted by Crippen LogP contribution is -2.14. The van der Waals surface area contributed by atoms with Crippen molar-refractivity contribution in [3.63, 3.8) is 0 Å². The fourth-order valence-electron chi connectivity index (χ4n) is 2.15. The Morgan fingerprint density at radius 1 is 1.15 bits per heavy atom. The van der Waals surface area contributed by atoms with Gasteiger partial charge in [0, 0.05) is 11.1 Å². The standard InChI is InChI=1S/C18H18FN3O4/c1-12(17(22-25-2)13-7-9-15(19)10-8-13)21-26-11-14-5-3-4-6-16(14)20-18(23)24/h3-10,20H,11H2,1-2H3,(H,23,24)/b21-12+,22-17+. The molecule has 2 rings (SSSR count). The summed E-state index contributed by atoms with van der Waals surface area (Å²) in [4.78, 5) is 20.9. The van der Waals surface area contributed by atoms with Crippen LogP contribution in [0.4, 0.5) is 14.9 Å². The van der Waals surface area contributed by atoms with Crippen LogP contribution >= 0.6 is 0 Å². The van der Waals surface area contributed by atoms with Crippen LogP contribution in [0.5, 0.6) is 0 Å². The van der Waals surface area contributed by atoms with E-state index in [-0.39, 0.29) is 12.4 Å². The highest BCUT2D eigenvalue weighted by Crippen LogP contribution is 2.16. The highest BCUT2D eigenvalue weighted by molar-refractivity contribution is 6.47. The molecule has 26 heavy (non-hydrogen) atoms. The number of anilines is 1. The van der Waals surface area contributed by atoms with Crippen molar-refractivity contribution in [3.8, 4) is 0 Å². The maximum Gasteiger partial charge on any atom is 0.409 e. The molecule has 0 spiro atoms. The molecule has 0 heterocycles. The Bertz CT molecular complexity index is 819. The Morgan fingerprint density at radius 2 is 1.85 bits per heavy atom. The molecule has 2 aromatic carbocycles. The Kier molecular flexibility index (Phi) is 6.67. The number of halogens is 1. The molecule has 0 radical (unpaired) electrons. The Hall–Kier alpha value is -3.42. The van der Waals surface area contributed by atoms with Gasteiger partial charge in [0.05, 0.1) is 5.69 Å². The van der Waals surface area contributed by atoms with Gasteiger partial charge in [-0.25, -0.2) is 9.18 Å². The molecule has 0 aliphatic rings. The Labute approximate surface area is 149 Å². The molecule has 0 aliphatic heterocycles. The zero-order chi connectivity index (χ0) is 18.9. The summed E-state index contributed by atoms with van der Waals surface area (Å²) in [5, 5.41) is 19.0. The number of oxime groups is 2. The van der Waals surface area contributed by atoms with Crippen LogP contribution in [0.1, 0.15) is 18.1 Å². The van der Waals surface area contributed by atoms with Crippen molar-refractivity contribution in [1.29, 1.82) is 0 Å². The van der Waals surface area contributed by atoms with E-state index in [1.165, 1.54) is 19.2 Å². The van der Waals surface area contributed by atoms with Crippen molar-refractivity contribution in [3.05, 3.63) is 65.5 Å². The zero-order valence-corrected chi connectivity index (χ0v) is 14.3. The summed E-state index contributed by atoms with van der Waals surface area (Å²) in [6.07, 6.45) is -1.16. The first kappa shape index (κ1) is 18.9. The molecule has 136 valence electrons. The lowest BCUT2D eigenvalue weighted by molar-refractivity contribution is 0.131. The number of hydrogen-bond acceptors (Lipinski definition) is 5. The van der Waals surface area contributed by atoms with E-state index in [0.717, 1.165) is 0 Å². The average Bonchev–Trinajstić information content (AvgIpc) is 2.61. The second kappa shape index (κ2) is 9.16. The first-order chi connectivity index (χ1) is 12.5. The third kappa shape index (κ3) is 5.30. The number of rotatable bonds is 7. The number of amides is 1. The van der Waals surface area contributed by atoms with E-state index in [1.54, 1.807) is 43.3 Å². The molecule has 0 fully saturated rings. The molecule has 1 amide bonds. The predicted molar refractivity (Wildman–Crippen MR) is 95.9 cm³/mol. The molecular weight excluding hydrogens is 341 g/mol. The number of para-hydroxylation sites is 1. The summed E-state index contributed by atoms with van der Waals surface area (Å²) in [6, 6.07) is 12.5. The van der Waals surface area contributed by atoms with Gasteiger partial charge in [0.1, 0.15) is 31.0 Å². The molecule has 2 aromatic rings. The minimum Gasteiger partial charge on any atom is -0.465 e. The minimum atomic E-state index is -1.16. The van der Waals surface area contributed by atoms with Gasteiger partial charge in [-0.2, -0.15) is 0 Å². The van der Waals surface area contributed by atoms with Crippen molar-refractivity contribution in [2.45, 2.75) is 13.5 Å². The van der Waals surface area contributed by atoms with Gasteiger partial charge in [-0.05, 0) is 37.3 Å². The second-order valence-corrected chi connectivity index (χ2v) is 5.17. The Balaban J connectivity index is 2.12. The number of nitrogens with zero attached hydrogens (tertiary/aromatic N) is 2. The smallest absolute Gasteiger partial charge is 0.409 e. The van der Waals surface area contributed by atoms with Gasteiger partial charge in [0.25, 0.3) is 0 Å². The van der Waals surface area contributed by atoms with Crippen molar-refractivity contribution in [2.75, 3.05) is 12.4 Å². The van der Waals surface area contributed by atoms with Crippen LogP contribution in [0.2, 0.25) is 0 Å². The van der Waals surface area contributed by atoms with E-state index in [0.29, 0.717) is 28.2 Å². The third-order valence-electron chi connectivity index (χ3n) is 3.32. The van der Waals surface area contributed by atoms with Crippen molar-refractivity contribution < 1.29 is 24.0 Å². The number of hydrogen-bond donors (Lipinski definition) is 2. The fraction of sp³-hybridized carbons (Fsp3) is 0.167. The fourth-order valence-corrected chi connectivity index (χ4v) is 2.15. The summed E-state index contributed by atoms with van der Waals surface area (Å²) < 4.78 is 13.1. The van der Waals surface area contributed by atoms with E-state index in [2.05, 4.69) is 15.6 Å². The molecule has 0 bridgehead atoms. The molecule has 0 aromatic heterocycles. The van der Waals surface area contributed by atoms with E-state index in [9.17, 15) is 9.18 Å². The summed E-state index contributed by atoms with van der Waals surface area (Å²) in [5.41, 5.74) is 2.47. The zero-order valence-electron chi connectivity index (χ0n) is 14.3. The quantitative estimate of drug-likeness (QED) is 0.580.